The smallest absolute Gasteiger partial charge is 0.352 e. The van der Waals surface area contributed by atoms with Gasteiger partial charge in [0.05, 0.1) is 10.6 Å². The first kappa shape index (κ1) is 17.2. The topological polar surface area (TPSA) is 38.9 Å². The minimum Gasteiger partial charge on any atom is -0.352 e. The number of thiazole rings is 1. The maximum Gasteiger partial charge on any atom is 0.422 e. The van der Waals surface area contributed by atoms with Gasteiger partial charge in [0.2, 0.25) is 5.76 Å². The molecule has 0 radical (unpaired) electrons. The van der Waals surface area contributed by atoms with Crippen molar-refractivity contribution in [3.05, 3.63) is 71.4 Å². The molecule has 0 fully saturated rings. The molecule has 0 spiro atoms. The molecule has 0 bridgehead atoms. The Balaban J connectivity index is 1.68. The molecule has 4 aromatic rings. The van der Waals surface area contributed by atoms with Gasteiger partial charge in [-0.05, 0) is 24.0 Å². The quantitative estimate of drug-likeness (QED) is 0.401. The highest BCUT2D eigenvalue weighted by Gasteiger charge is 2.42. The van der Waals surface area contributed by atoms with Crippen LogP contribution in [0.2, 0.25) is 0 Å². The zero-order valence-corrected chi connectivity index (χ0v) is 15.3. The van der Waals surface area contributed by atoms with Gasteiger partial charge in [-0.15, -0.1) is 11.3 Å². The number of alkyl halides is 3. The third kappa shape index (κ3) is 2.74. The van der Waals surface area contributed by atoms with Gasteiger partial charge in [0.25, 0.3) is 0 Å². The second-order valence-corrected chi connectivity index (χ2v) is 7.55. The molecule has 0 saturated carbocycles. The Morgan fingerprint density at radius 2 is 1.68 bits per heavy atom. The molecule has 0 amide bonds. The molecule has 28 heavy (non-hydrogen) atoms. The van der Waals surface area contributed by atoms with Gasteiger partial charge >= 0.3 is 6.18 Å². The van der Waals surface area contributed by atoms with Crippen LogP contribution >= 0.6 is 11.3 Å². The summed E-state index contributed by atoms with van der Waals surface area (Å²) in [6, 6.07) is 16.2. The lowest BCUT2D eigenvalue weighted by atomic mass is 9.94. The predicted octanol–water partition coefficient (Wildman–Crippen LogP) is 6.25. The minimum atomic E-state index is -4.61. The Bertz CT molecular complexity index is 1160. The molecule has 2 heterocycles. The maximum absolute atomic E-state index is 13.9. The van der Waals surface area contributed by atoms with Crippen LogP contribution in [0.15, 0.2) is 59.1 Å². The van der Waals surface area contributed by atoms with Crippen molar-refractivity contribution in [2.75, 3.05) is 0 Å². The first-order chi connectivity index (χ1) is 13.5. The molecule has 3 nitrogen and oxygen atoms in total. The summed E-state index contributed by atoms with van der Waals surface area (Å²) >= 11 is 1.23. The van der Waals surface area contributed by atoms with E-state index < -0.39 is 11.7 Å². The normalized spacial score (nSPS) is 13.2. The third-order valence-corrected chi connectivity index (χ3v) is 5.94. The lowest BCUT2D eigenvalue weighted by molar-refractivity contribution is -0.136. The summed E-state index contributed by atoms with van der Waals surface area (Å²) < 4.78 is 46.9. The van der Waals surface area contributed by atoms with E-state index in [4.69, 9.17) is 4.52 Å². The van der Waals surface area contributed by atoms with Gasteiger partial charge in [-0.2, -0.15) is 13.2 Å². The fourth-order valence-corrected chi connectivity index (χ4v) is 4.69. The van der Waals surface area contributed by atoms with E-state index in [2.05, 4.69) is 10.1 Å². The number of hydrogen-bond donors (Lipinski definition) is 0. The van der Waals surface area contributed by atoms with Crippen LogP contribution in [0.3, 0.4) is 0 Å². The molecule has 2 aromatic heterocycles. The highest BCUT2D eigenvalue weighted by Crippen LogP contribution is 2.47. The van der Waals surface area contributed by atoms with E-state index in [1.54, 1.807) is 30.3 Å². The first-order valence-electron chi connectivity index (χ1n) is 8.73. The van der Waals surface area contributed by atoms with Crippen LogP contribution in [0.5, 0.6) is 0 Å². The summed E-state index contributed by atoms with van der Waals surface area (Å²) in [4.78, 5) is 5.39. The van der Waals surface area contributed by atoms with Gasteiger partial charge in [-0.25, -0.2) is 4.98 Å². The molecule has 0 aliphatic heterocycles. The number of aryl methyl sites for hydroxylation is 2. The SMILES string of the molecule is FC(F)(F)c1c(-c2ccccc2)noc1-c1nc2c(s1)-c1ccccc1CC2. The zero-order valence-electron chi connectivity index (χ0n) is 14.5. The van der Waals surface area contributed by atoms with Crippen LogP contribution in [0.25, 0.3) is 32.5 Å². The fraction of sp³-hybridized carbons (Fsp3) is 0.143. The monoisotopic (exact) mass is 398 g/mol. The van der Waals surface area contributed by atoms with E-state index in [0.717, 1.165) is 22.6 Å². The molecule has 7 heteroatoms. The molecule has 1 aliphatic rings. The summed E-state index contributed by atoms with van der Waals surface area (Å²) in [5.74, 6) is -0.316. The van der Waals surface area contributed by atoms with Crippen LogP contribution < -0.4 is 0 Å². The van der Waals surface area contributed by atoms with E-state index in [0.29, 0.717) is 12.0 Å². The molecule has 0 saturated heterocycles. The van der Waals surface area contributed by atoms with Gasteiger partial charge in [0.15, 0.2) is 5.01 Å². The first-order valence-corrected chi connectivity index (χ1v) is 9.54. The van der Waals surface area contributed by atoms with Crippen LogP contribution in [0.1, 0.15) is 16.8 Å². The van der Waals surface area contributed by atoms with Gasteiger partial charge in [-0.3, -0.25) is 0 Å². The van der Waals surface area contributed by atoms with Crippen molar-refractivity contribution in [1.29, 1.82) is 0 Å². The molecule has 1 aliphatic carbocycles. The number of rotatable bonds is 2. The molecule has 0 N–H and O–H groups in total. The number of hydrogen-bond acceptors (Lipinski definition) is 4. The average molecular weight is 398 g/mol. The second-order valence-electron chi connectivity index (χ2n) is 6.55. The molecule has 0 atom stereocenters. The Labute approximate surface area is 162 Å². The van der Waals surface area contributed by atoms with Crippen LogP contribution in [-0.2, 0) is 19.0 Å². The Morgan fingerprint density at radius 1 is 0.929 bits per heavy atom. The van der Waals surface area contributed by atoms with E-state index >= 15 is 0 Å². The Hall–Kier alpha value is -2.93. The van der Waals surface area contributed by atoms with E-state index in [-0.39, 0.29) is 16.5 Å². The second kappa shape index (κ2) is 6.31. The number of fused-ring (bicyclic) bond motifs is 3. The number of aromatic nitrogens is 2. The van der Waals surface area contributed by atoms with Crippen molar-refractivity contribution in [3.8, 4) is 32.5 Å². The lowest BCUT2D eigenvalue weighted by Gasteiger charge is -2.13. The summed E-state index contributed by atoms with van der Waals surface area (Å²) in [6.07, 6.45) is -3.08. The van der Waals surface area contributed by atoms with Gasteiger partial charge < -0.3 is 4.52 Å². The van der Waals surface area contributed by atoms with Gasteiger partial charge in [0, 0.05) is 5.56 Å². The lowest BCUT2D eigenvalue weighted by Crippen LogP contribution is -2.07. The van der Waals surface area contributed by atoms with Crippen molar-refractivity contribution >= 4 is 11.3 Å². The van der Waals surface area contributed by atoms with Gasteiger partial charge in [-0.1, -0.05) is 59.8 Å². The molecule has 140 valence electrons. The van der Waals surface area contributed by atoms with E-state index in [9.17, 15) is 13.2 Å². The van der Waals surface area contributed by atoms with E-state index in [1.165, 1.54) is 16.9 Å². The molecule has 0 unspecified atom stereocenters. The fourth-order valence-electron chi connectivity index (χ4n) is 3.53. The van der Waals surface area contributed by atoms with Crippen LogP contribution in [0.4, 0.5) is 13.2 Å². The molecular weight excluding hydrogens is 385 g/mol. The predicted molar refractivity (Wildman–Crippen MR) is 101 cm³/mol. The highest BCUT2D eigenvalue weighted by atomic mass is 32.1. The number of benzene rings is 2. The zero-order chi connectivity index (χ0) is 19.3. The van der Waals surface area contributed by atoms with Crippen LogP contribution in [-0.4, -0.2) is 10.1 Å². The molecular formula is C21H13F3N2OS. The summed E-state index contributed by atoms with van der Waals surface area (Å²) in [5, 5.41) is 3.96. The van der Waals surface area contributed by atoms with Crippen molar-refractivity contribution in [2.45, 2.75) is 19.0 Å². The largest absolute Gasteiger partial charge is 0.422 e. The van der Waals surface area contributed by atoms with Crippen molar-refractivity contribution < 1.29 is 17.7 Å². The van der Waals surface area contributed by atoms with Crippen molar-refractivity contribution in [1.82, 2.24) is 10.1 Å². The number of nitrogens with zero attached hydrogens (tertiary/aromatic N) is 2. The van der Waals surface area contributed by atoms with Crippen LogP contribution in [0, 0.1) is 0 Å². The molecule has 5 rings (SSSR count). The summed E-state index contributed by atoms with van der Waals surface area (Å²) in [7, 11) is 0. The summed E-state index contributed by atoms with van der Waals surface area (Å²) in [6.45, 7) is 0. The van der Waals surface area contributed by atoms with Gasteiger partial charge in [0.1, 0.15) is 11.3 Å². The minimum absolute atomic E-state index is 0.211. The summed E-state index contributed by atoms with van der Waals surface area (Å²) in [5.41, 5.74) is 2.29. The van der Waals surface area contributed by atoms with Crippen molar-refractivity contribution in [2.24, 2.45) is 0 Å². The standard InChI is InChI=1S/C21H13F3N2OS/c22-21(23,24)16-17(13-7-2-1-3-8-13)26-27-18(16)20-25-15-11-10-12-6-4-5-9-14(12)19(15)28-20/h1-9H,10-11H2. The third-order valence-electron chi connectivity index (χ3n) is 4.81. The Morgan fingerprint density at radius 3 is 2.46 bits per heavy atom. The Kier molecular flexibility index (Phi) is 3.87. The average Bonchev–Trinajstić information content (AvgIpc) is 3.33. The number of halogens is 3. The van der Waals surface area contributed by atoms with E-state index in [1.807, 2.05) is 24.3 Å². The highest BCUT2D eigenvalue weighted by molar-refractivity contribution is 7.18. The van der Waals surface area contributed by atoms with Crippen molar-refractivity contribution in [3.63, 3.8) is 0 Å². The molecule has 2 aromatic carbocycles. The maximum atomic E-state index is 13.9.